The van der Waals surface area contributed by atoms with E-state index in [4.69, 9.17) is 5.11 Å². The summed E-state index contributed by atoms with van der Waals surface area (Å²) in [4.78, 5) is 10.6. The summed E-state index contributed by atoms with van der Waals surface area (Å²) in [5.74, 6) is 0.678. The molecule has 5 nitrogen and oxygen atoms in total. The molecule has 114 valence electrons. The summed E-state index contributed by atoms with van der Waals surface area (Å²) in [5.41, 5.74) is 0.303. The molecule has 0 amide bonds. The van der Waals surface area contributed by atoms with Crippen LogP contribution in [0.15, 0.2) is 5.16 Å². The van der Waals surface area contributed by atoms with Crippen LogP contribution >= 0.6 is 11.8 Å². The van der Waals surface area contributed by atoms with E-state index in [0.717, 1.165) is 25.2 Å². The number of carboxylic acid groups (broad SMARTS) is 1. The summed E-state index contributed by atoms with van der Waals surface area (Å²) in [5, 5.41) is 17.8. The van der Waals surface area contributed by atoms with Crippen LogP contribution < -0.4 is 0 Å². The first-order valence-electron chi connectivity index (χ1n) is 6.99. The molecule has 1 rings (SSSR count). The van der Waals surface area contributed by atoms with Crippen molar-refractivity contribution in [1.29, 1.82) is 0 Å². The molecule has 0 saturated heterocycles. The Morgan fingerprint density at radius 1 is 1.40 bits per heavy atom. The highest BCUT2D eigenvalue weighted by Crippen LogP contribution is 2.27. The van der Waals surface area contributed by atoms with Crippen LogP contribution in [-0.2, 0) is 17.8 Å². The highest BCUT2D eigenvalue weighted by Gasteiger charge is 2.19. The molecule has 1 aromatic rings. The number of thioether (sulfide) groups is 1. The van der Waals surface area contributed by atoms with Crippen molar-refractivity contribution >= 4 is 17.7 Å². The van der Waals surface area contributed by atoms with Crippen LogP contribution in [0.4, 0.5) is 0 Å². The molecule has 6 heteroatoms. The Kier molecular flexibility index (Phi) is 6.05. The van der Waals surface area contributed by atoms with Crippen LogP contribution in [0.1, 0.15) is 46.9 Å². The normalized spacial score (nSPS) is 13.4. The van der Waals surface area contributed by atoms with Crippen LogP contribution in [0, 0.1) is 11.3 Å². The SMILES string of the molecule is CCn1c(CC(C)CC(C)(C)C)nnc1SCC(=O)O. The lowest BCUT2D eigenvalue weighted by Crippen LogP contribution is -2.15. The van der Waals surface area contributed by atoms with Gasteiger partial charge in [-0.15, -0.1) is 10.2 Å². The first kappa shape index (κ1) is 17.0. The van der Waals surface area contributed by atoms with Gasteiger partial charge in [-0.1, -0.05) is 39.5 Å². The zero-order valence-corrected chi connectivity index (χ0v) is 13.8. The van der Waals surface area contributed by atoms with Crippen molar-refractivity contribution in [3.05, 3.63) is 5.82 Å². The molecule has 0 aliphatic rings. The van der Waals surface area contributed by atoms with Gasteiger partial charge in [0.25, 0.3) is 0 Å². The summed E-state index contributed by atoms with van der Waals surface area (Å²) in [7, 11) is 0. The van der Waals surface area contributed by atoms with E-state index in [0.29, 0.717) is 16.5 Å². The maximum atomic E-state index is 10.6. The number of carbonyl (C=O) groups is 1. The van der Waals surface area contributed by atoms with Crippen molar-refractivity contribution < 1.29 is 9.90 Å². The average molecular weight is 299 g/mol. The van der Waals surface area contributed by atoms with E-state index < -0.39 is 5.97 Å². The molecule has 20 heavy (non-hydrogen) atoms. The highest BCUT2D eigenvalue weighted by atomic mass is 32.2. The first-order valence-corrected chi connectivity index (χ1v) is 7.98. The standard InChI is InChI=1S/C14H25N3O2S/c1-6-17-11(7-10(2)8-14(3,4)5)15-16-13(17)20-9-12(18)19/h10H,6-9H2,1-5H3,(H,18,19). The molecule has 0 bridgehead atoms. The molecular formula is C14H25N3O2S. The molecule has 1 unspecified atom stereocenters. The number of hydrogen-bond donors (Lipinski definition) is 1. The van der Waals surface area contributed by atoms with Crippen molar-refractivity contribution in [2.45, 2.75) is 59.2 Å². The summed E-state index contributed by atoms with van der Waals surface area (Å²) in [6.07, 6.45) is 2.01. The zero-order chi connectivity index (χ0) is 15.3. The van der Waals surface area contributed by atoms with Crippen LogP contribution in [0.3, 0.4) is 0 Å². The van der Waals surface area contributed by atoms with E-state index in [1.165, 1.54) is 11.8 Å². The average Bonchev–Trinajstić information content (AvgIpc) is 2.65. The van der Waals surface area contributed by atoms with Crippen LogP contribution in [0.2, 0.25) is 0 Å². The lowest BCUT2D eigenvalue weighted by Gasteiger charge is -2.23. The smallest absolute Gasteiger partial charge is 0.313 e. The van der Waals surface area contributed by atoms with Gasteiger partial charge in [0, 0.05) is 13.0 Å². The van der Waals surface area contributed by atoms with Crippen LogP contribution in [0.5, 0.6) is 0 Å². The summed E-state index contributed by atoms with van der Waals surface area (Å²) >= 11 is 1.23. The Morgan fingerprint density at radius 3 is 2.55 bits per heavy atom. The number of aromatic nitrogens is 3. The molecule has 1 atom stereocenters. The lowest BCUT2D eigenvalue weighted by atomic mass is 9.84. The third-order valence-electron chi connectivity index (χ3n) is 2.93. The lowest BCUT2D eigenvalue weighted by molar-refractivity contribution is -0.133. The monoisotopic (exact) mass is 299 g/mol. The Bertz CT molecular complexity index is 452. The first-order chi connectivity index (χ1) is 9.23. The summed E-state index contributed by atoms with van der Waals surface area (Å²) in [6.45, 7) is 11.7. The van der Waals surface area contributed by atoms with Gasteiger partial charge >= 0.3 is 5.97 Å². The number of hydrogen-bond acceptors (Lipinski definition) is 4. The van der Waals surface area contributed by atoms with E-state index >= 15 is 0 Å². The number of rotatable bonds is 7. The molecule has 0 aliphatic heterocycles. The molecule has 0 spiro atoms. The Morgan fingerprint density at radius 2 is 2.05 bits per heavy atom. The molecular weight excluding hydrogens is 274 g/mol. The van der Waals surface area contributed by atoms with E-state index in [-0.39, 0.29) is 5.75 Å². The van der Waals surface area contributed by atoms with Gasteiger partial charge in [-0.2, -0.15) is 0 Å². The topological polar surface area (TPSA) is 68.0 Å². The third kappa shape index (κ3) is 5.53. The molecule has 1 aromatic heterocycles. The van der Waals surface area contributed by atoms with Gasteiger partial charge in [0.1, 0.15) is 5.82 Å². The van der Waals surface area contributed by atoms with Crippen molar-refractivity contribution in [2.75, 3.05) is 5.75 Å². The number of nitrogens with zero attached hydrogens (tertiary/aromatic N) is 3. The quantitative estimate of drug-likeness (QED) is 0.784. The fourth-order valence-corrected chi connectivity index (χ4v) is 3.19. The summed E-state index contributed by atoms with van der Waals surface area (Å²) < 4.78 is 2.02. The predicted octanol–water partition coefficient (Wildman–Crippen LogP) is 3.09. The molecule has 1 N–H and O–H groups in total. The Hall–Kier alpha value is -1.04. The largest absolute Gasteiger partial charge is 0.481 e. The second kappa shape index (κ2) is 7.11. The highest BCUT2D eigenvalue weighted by molar-refractivity contribution is 7.99. The molecule has 0 aromatic carbocycles. The van der Waals surface area contributed by atoms with E-state index in [2.05, 4.69) is 37.9 Å². The second-order valence-corrected chi connectivity index (χ2v) is 7.34. The minimum Gasteiger partial charge on any atom is -0.481 e. The predicted molar refractivity (Wildman–Crippen MR) is 81.0 cm³/mol. The van der Waals surface area contributed by atoms with Gasteiger partial charge in [0.2, 0.25) is 0 Å². The molecule has 1 heterocycles. The fraction of sp³-hybridized carbons (Fsp3) is 0.786. The molecule has 0 radical (unpaired) electrons. The maximum absolute atomic E-state index is 10.6. The van der Waals surface area contributed by atoms with E-state index in [1.807, 2.05) is 11.5 Å². The molecule has 0 aliphatic carbocycles. The third-order valence-corrected chi connectivity index (χ3v) is 3.88. The Labute approximate surface area is 125 Å². The van der Waals surface area contributed by atoms with E-state index in [9.17, 15) is 4.79 Å². The van der Waals surface area contributed by atoms with Gasteiger partial charge in [0.05, 0.1) is 5.75 Å². The van der Waals surface area contributed by atoms with Crippen molar-refractivity contribution in [2.24, 2.45) is 11.3 Å². The van der Waals surface area contributed by atoms with Gasteiger partial charge in [-0.05, 0) is 24.7 Å². The minimum absolute atomic E-state index is 0.0235. The van der Waals surface area contributed by atoms with Gasteiger partial charge in [0.15, 0.2) is 5.16 Å². The number of carboxylic acids is 1. The fourth-order valence-electron chi connectivity index (χ4n) is 2.45. The van der Waals surface area contributed by atoms with E-state index in [1.54, 1.807) is 0 Å². The van der Waals surface area contributed by atoms with Crippen LogP contribution in [-0.4, -0.2) is 31.6 Å². The Balaban J connectivity index is 2.73. The molecule has 0 saturated carbocycles. The minimum atomic E-state index is -0.830. The van der Waals surface area contributed by atoms with Crippen molar-refractivity contribution in [3.8, 4) is 0 Å². The van der Waals surface area contributed by atoms with Gasteiger partial charge in [-0.25, -0.2) is 0 Å². The number of aliphatic carboxylic acids is 1. The van der Waals surface area contributed by atoms with Crippen molar-refractivity contribution in [1.82, 2.24) is 14.8 Å². The van der Waals surface area contributed by atoms with Crippen molar-refractivity contribution in [3.63, 3.8) is 0 Å². The van der Waals surface area contributed by atoms with Gasteiger partial charge < -0.3 is 9.67 Å². The zero-order valence-electron chi connectivity index (χ0n) is 13.0. The molecule has 0 fully saturated rings. The van der Waals surface area contributed by atoms with Gasteiger partial charge in [-0.3, -0.25) is 4.79 Å². The maximum Gasteiger partial charge on any atom is 0.313 e. The van der Waals surface area contributed by atoms with Crippen LogP contribution in [0.25, 0.3) is 0 Å². The summed E-state index contributed by atoms with van der Waals surface area (Å²) in [6, 6.07) is 0. The second-order valence-electron chi connectivity index (χ2n) is 6.40.